The average molecular weight is 343 g/mol. The maximum absolute atomic E-state index is 13.8. The van der Waals surface area contributed by atoms with E-state index in [0.717, 1.165) is 35.2 Å². The molecule has 0 fully saturated rings. The lowest BCUT2D eigenvalue weighted by atomic mass is 10.1. The first-order valence-corrected chi connectivity index (χ1v) is 8.51. The van der Waals surface area contributed by atoms with Gasteiger partial charge in [0.2, 0.25) is 5.88 Å². The maximum Gasteiger partial charge on any atom is 0.213 e. The number of ether oxygens (including phenoxy) is 1. The first kappa shape index (κ1) is 17.4. The molecule has 1 aromatic carbocycles. The van der Waals surface area contributed by atoms with Crippen LogP contribution in [0.5, 0.6) is 5.88 Å². The summed E-state index contributed by atoms with van der Waals surface area (Å²) in [6.07, 6.45) is 2.25. The number of aliphatic hydroxyl groups excluding tert-OH is 1. The van der Waals surface area contributed by atoms with Gasteiger partial charge in [-0.3, -0.25) is 0 Å². The van der Waals surface area contributed by atoms with Gasteiger partial charge in [0, 0.05) is 35.7 Å². The number of pyridine rings is 1. The number of furan rings is 1. The van der Waals surface area contributed by atoms with E-state index in [1.54, 1.807) is 6.07 Å². The highest BCUT2D eigenvalue weighted by molar-refractivity contribution is 5.81. The molecule has 4 nitrogen and oxygen atoms in total. The van der Waals surface area contributed by atoms with Crippen LogP contribution in [-0.2, 0) is 19.4 Å². The average Bonchev–Trinajstić information content (AvgIpc) is 3.02. The first-order valence-electron chi connectivity index (χ1n) is 8.51. The molecule has 1 N–H and O–H groups in total. The second-order valence-electron chi connectivity index (χ2n) is 6.06. The predicted octanol–water partition coefficient (Wildman–Crippen LogP) is 4.34. The minimum absolute atomic E-state index is 0.163. The summed E-state index contributed by atoms with van der Waals surface area (Å²) in [6, 6.07) is 8.53. The van der Waals surface area contributed by atoms with E-state index in [4.69, 9.17) is 14.3 Å². The normalized spacial score (nSPS) is 11.2. The van der Waals surface area contributed by atoms with E-state index >= 15 is 0 Å². The maximum atomic E-state index is 13.8. The summed E-state index contributed by atoms with van der Waals surface area (Å²) in [4.78, 5) is 4.44. The van der Waals surface area contributed by atoms with Crippen LogP contribution >= 0.6 is 0 Å². The van der Waals surface area contributed by atoms with Gasteiger partial charge in [-0.15, -0.1) is 0 Å². The number of aromatic nitrogens is 1. The molecule has 0 aliphatic carbocycles. The van der Waals surface area contributed by atoms with Crippen molar-refractivity contribution in [2.24, 2.45) is 0 Å². The van der Waals surface area contributed by atoms with Crippen molar-refractivity contribution in [3.63, 3.8) is 0 Å². The highest BCUT2D eigenvalue weighted by Gasteiger charge is 2.11. The van der Waals surface area contributed by atoms with Crippen LogP contribution in [-0.4, -0.2) is 16.7 Å². The van der Waals surface area contributed by atoms with Crippen LogP contribution in [0.25, 0.3) is 11.0 Å². The Kier molecular flexibility index (Phi) is 5.34. The topological polar surface area (TPSA) is 55.5 Å². The Morgan fingerprint density at radius 2 is 2.04 bits per heavy atom. The van der Waals surface area contributed by atoms with Crippen LogP contribution in [0.2, 0.25) is 0 Å². The summed E-state index contributed by atoms with van der Waals surface area (Å²) in [5.74, 6) is 1.01. The molecular weight excluding hydrogens is 321 g/mol. The van der Waals surface area contributed by atoms with Gasteiger partial charge in [0.1, 0.15) is 23.8 Å². The summed E-state index contributed by atoms with van der Waals surface area (Å²) in [6.45, 7) is 4.26. The van der Waals surface area contributed by atoms with Gasteiger partial charge < -0.3 is 14.3 Å². The van der Waals surface area contributed by atoms with Crippen LogP contribution < -0.4 is 4.74 Å². The molecule has 0 spiro atoms. The SMILES string of the molecule is CCc1cc2cc(F)cc(COc3ccc(CCCO)c(C)n3)c2o1. The van der Waals surface area contributed by atoms with Crippen LogP contribution in [0.15, 0.2) is 34.7 Å². The molecule has 0 bridgehead atoms. The molecule has 0 amide bonds. The smallest absolute Gasteiger partial charge is 0.213 e. The van der Waals surface area contributed by atoms with Gasteiger partial charge in [0.05, 0.1) is 0 Å². The summed E-state index contributed by atoms with van der Waals surface area (Å²) >= 11 is 0. The third-order valence-electron chi connectivity index (χ3n) is 4.21. The summed E-state index contributed by atoms with van der Waals surface area (Å²) < 4.78 is 25.4. The molecule has 0 radical (unpaired) electrons. The van der Waals surface area contributed by atoms with Crippen LogP contribution in [0, 0.1) is 12.7 Å². The number of halogens is 1. The number of benzene rings is 1. The Morgan fingerprint density at radius 3 is 2.76 bits per heavy atom. The Bertz CT molecular complexity index is 873. The fraction of sp³-hybridized carbons (Fsp3) is 0.350. The Hall–Kier alpha value is -2.40. The summed E-state index contributed by atoms with van der Waals surface area (Å²) in [5.41, 5.74) is 3.29. The van der Waals surface area contributed by atoms with E-state index in [9.17, 15) is 4.39 Å². The van der Waals surface area contributed by atoms with Crippen molar-refractivity contribution >= 4 is 11.0 Å². The van der Waals surface area contributed by atoms with Crippen molar-refractivity contribution in [3.8, 4) is 5.88 Å². The van der Waals surface area contributed by atoms with Gasteiger partial charge in [-0.25, -0.2) is 9.37 Å². The van der Waals surface area contributed by atoms with E-state index in [1.807, 2.05) is 26.0 Å². The lowest BCUT2D eigenvalue weighted by Crippen LogP contribution is -2.01. The minimum atomic E-state index is -0.307. The zero-order chi connectivity index (χ0) is 17.8. The highest BCUT2D eigenvalue weighted by Crippen LogP contribution is 2.26. The van der Waals surface area contributed by atoms with Crippen molar-refractivity contribution in [2.75, 3.05) is 6.61 Å². The van der Waals surface area contributed by atoms with Gasteiger partial charge in [-0.2, -0.15) is 0 Å². The summed E-state index contributed by atoms with van der Waals surface area (Å²) in [5, 5.41) is 9.68. The molecule has 2 aromatic heterocycles. The molecule has 132 valence electrons. The lowest BCUT2D eigenvalue weighted by molar-refractivity contribution is 0.287. The Balaban J connectivity index is 1.78. The van der Waals surface area contributed by atoms with Crippen molar-refractivity contribution in [2.45, 2.75) is 39.7 Å². The Morgan fingerprint density at radius 1 is 1.20 bits per heavy atom. The Labute approximate surface area is 146 Å². The minimum Gasteiger partial charge on any atom is -0.473 e. The lowest BCUT2D eigenvalue weighted by Gasteiger charge is -2.09. The second kappa shape index (κ2) is 7.66. The molecule has 0 saturated heterocycles. The number of aliphatic hydroxyl groups is 1. The van der Waals surface area contributed by atoms with Gasteiger partial charge in [-0.05, 0) is 43.5 Å². The van der Waals surface area contributed by atoms with Crippen LogP contribution in [0.3, 0.4) is 0 Å². The molecule has 0 aliphatic heterocycles. The second-order valence-corrected chi connectivity index (χ2v) is 6.06. The quantitative estimate of drug-likeness (QED) is 0.693. The molecule has 0 saturated carbocycles. The van der Waals surface area contributed by atoms with Crippen LogP contribution in [0.4, 0.5) is 4.39 Å². The third-order valence-corrected chi connectivity index (χ3v) is 4.21. The predicted molar refractivity (Wildman–Crippen MR) is 94.3 cm³/mol. The number of aryl methyl sites for hydroxylation is 3. The molecule has 0 aliphatic rings. The number of rotatable bonds is 7. The number of hydrogen-bond donors (Lipinski definition) is 1. The van der Waals surface area contributed by atoms with Crippen molar-refractivity contribution in [1.82, 2.24) is 4.98 Å². The fourth-order valence-electron chi connectivity index (χ4n) is 2.85. The van der Waals surface area contributed by atoms with Crippen LogP contribution in [0.1, 0.15) is 35.9 Å². The van der Waals surface area contributed by atoms with Crippen molar-refractivity contribution in [1.29, 1.82) is 0 Å². The van der Waals surface area contributed by atoms with E-state index in [-0.39, 0.29) is 19.0 Å². The standard InChI is InChI=1S/C20H22FNO3/c1-3-18-11-15-9-17(21)10-16(20(15)25-18)12-24-19-7-6-14(5-4-8-23)13(2)22-19/h6-7,9-11,23H,3-5,8,12H2,1-2H3. The fourth-order valence-corrected chi connectivity index (χ4v) is 2.85. The molecule has 5 heteroatoms. The monoisotopic (exact) mass is 343 g/mol. The van der Waals surface area contributed by atoms with E-state index < -0.39 is 0 Å². The van der Waals surface area contributed by atoms with Gasteiger partial charge in [0.25, 0.3) is 0 Å². The number of nitrogens with zero attached hydrogens (tertiary/aromatic N) is 1. The van der Waals surface area contributed by atoms with Gasteiger partial charge in [-0.1, -0.05) is 13.0 Å². The number of hydrogen-bond acceptors (Lipinski definition) is 4. The molecule has 2 heterocycles. The zero-order valence-corrected chi connectivity index (χ0v) is 14.5. The van der Waals surface area contributed by atoms with Crippen molar-refractivity contribution < 1.29 is 18.7 Å². The van der Waals surface area contributed by atoms with Gasteiger partial charge >= 0.3 is 0 Å². The molecule has 3 aromatic rings. The molecule has 0 atom stereocenters. The highest BCUT2D eigenvalue weighted by atomic mass is 19.1. The van der Waals surface area contributed by atoms with Crippen molar-refractivity contribution in [3.05, 3.63) is 58.7 Å². The molecule has 0 unspecified atom stereocenters. The molecular formula is C20H22FNO3. The van der Waals surface area contributed by atoms with E-state index in [0.29, 0.717) is 23.4 Å². The largest absolute Gasteiger partial charge is 0.473 e. The van der Waals surface area contributed by atoms with Gasteiger partial charge in [0.15, 0.2) is 0 Å². The molecule has 25 heavy (non-hydrogen) atoms. The number of fused-ring (bicyclic) bond motifs is 1. The van der Waals surface area contributed by atoms with E-state index in [1.165, 1.54) is 12.1 Å². The first-order chi connectivity index (χ1) is 12.1. The zero-order valence-electron chi connectivity index (χ0n) is 14.5. The van der Waals surface area contributed by atoms with E-state index in [2.05, 4.69) is 4.98 Å². The molecule has 3 rings (SSSR count). The summed E-state index contributed by atoms with van der Waals surface area (Å²) in [7, 11) is 0. The third kappa shape index (κ3) is 3.99.